The van der Waals surface area contributed by atoms with Gasteiger partial charge in [-0.2, -0.15) is 0 Å². The van der Waals surface area contributed by atoms with Crippen molar-refractivity contribution in [1.82, 2.24) is 0 Å². The van der Waals surface area contributed by atoms with Crippen LogP contribution in [0.4, 0.5) is 0 Å². The number of methoxy groups -OCH3 is 2. The highest BCUT2D eigenvalue weighted by Gasteiger charge is 2.39. The molecular weight excluding hydrogens is 214 g/mol. The first kappa shape index (κ1) is 12.2. The predicted octanol–water partition coefficient (Wildman–Crippen LogP) is 2.35. The van der Waals surface area contributed by atoms with Crippen molar-refractivity contribution in [3.63, 3.8) is 0 Å². The van der Waals surface area contributed by atoms with Crippen LogP contribution in [-0.2, 0) is 6.42 Å². The van der Waals surface area contributed by atoms with E-state index in [1.165, 1.54) is 11.1 Å². The van der Waals surface area contributed by atoms with Crippen LogP contribution in [0.1, 0.15) is 29.5 Å². The Morgan fingerprint density at radius 3 is 2.35 bits per heavy atom. The quantitative estimate of drug-likeness (QED) is 0.871. The lowest BCUT2D eigenvalue weighted by Gasteiger charge is -2.19. The predicted molar refractivity (Wildman–Crippen MR) is 68.9 cm³/mol. The Balaban J connectivity index is 2.45. The van der Waals surface area contributed by atoms with Gasteiger partial charge in [0, 0.05) is 11.1 Å². The highest BCUT2D eigenvalue weighted by atomic mass is 16.5. The van der Waals surface area contributed by atoms with E-state index >= 15 is 0 Å². The Labute approximate surface area is 103 Å². The molecule has 0 atom stereocenters. The van der Waals surface area contributed by atoms with Gasteiger partial charge in [0.05, 0.1) is 14.2 Å². The zero-order valence-electron chi connectivity index (χ0n) is 11.1. The van der Waals surface area contributed by atoms with Gasteiger partial charge in [-0.05, 0) is 50.3 Å². The van der Waals surface area contributed by atoms with Crippen molar-refractivity contribution in [3.05, 3.63) is 22.8 Å². The first-order valence-electron chi connectivity index (χ1n) is 6.00. The van der Waals surface area contributed by atoms with Gasteiger partial charge < -0.3 is 15.2 Å². The van der Waals surface area contributed by atoms with Gasteiger partial charge in [0.25, 0.3) is 0 Å². The molecule has 0 aliphatic heterocycles. The van der Waals surface area contributed by atoms with Crippen molar-refractivity contribution in [2.75, 3.05) is 14.2 Å². The second-order valence-corrected chi connectivity index (χ2v) is 5.07. The molecule has 94 valence electrons. The first-order valence-corrected chi connectivity index (χ1v) is 6.00. The summed E-state index contributed by atoms with van der Waals surface area (Å²) in [6.45, 7) is 4.11. The van der Waals surface area contributed by atoms with Crippen LogP contribution in [0.5, 0.6) is 11.5 Å². The molecule has 0 bridgehead atoms. The van der Waals surface area contributed by atoms with Crippen LogP contribution in [0.2, 0.25) is 0 Å². The van der Waals surface area contributed by atoms with E-state index in [4.69, 9.17) is 15.2 Å². The zero-order valence-corrected chi connectivity index (χ0v) is 11.1. The van der Waals surface area contributed by atoms with E-state index in [9.17, 15) is 0 Å². The topological polar surface area (TPSA) is 44.5 Å². The van der Waals surface area contributed by atoms with Crippen LogP contribution in [0.15, 0.2) is 6.07 Å². The number of aryl methyl sites for hydroxylation is 1. The summed E-state index contributed by atoms with van der Waals surface area (Å²) < 4.78 is 10.9. The van der Waals surface area contributed by atoms with Crippen LogP contribution >= 0.6 is 0 Å². The summed E-state index contributed by atoms with van der Waals surface area (Å²) in [5.74, 6) is 1.81. The van der Waals surface area contributed by atoms with Gasteiger partial charge in [-0.1, -0.05) is 0 Å². The lowest BCUT2D eigenvalue weighted by atomic mass is 9.96. The second kappa shape index (κ2) is 4.22. The summed E-state index contributed by atoms with van der Waals surface area (Å²) in [4.78, 5) is 0. The van der Waals surface area contributed by atoms with Crippen molar-refractivity contribution in [3.8, 4) is 11.5 Å². The van der Waals surface area contributed by atoms with E-state index in [1.54, 1.807) is 14.2 Å². The molecule has 0 heterocycles. The van der Waals surface area contributed by atoms with Gasteiger partial charge >= 0.3 is 0 Å². The minimum absolute atomic E-state index is 0.000924. The van der Waals surface area contributed by atoms with Gasteiger partial charge in [0.15, 0.2) is 0 Å². The third-order valence-corrected chi connectivity index (χ3v) is 3.65. The molecule has 0 saturated heterocycles. The summed E-state index contributed by atoms with van der Waals surface area (Å²) in [6.07, 6.45) is 3.12. The van der Waals surface area contributed by atoms with Gasteiger partial charge in [0.2, 0.25) is 0 Å². The molecule has 3 heteroatoms. The fourth-order valence-corrected chi connectivity index (χ4v) is 2.31. The zero-order chi connectivity index (χ0) is 12.6. The van der Waals surface area contributed by atoms with Crippen LogP contribution in [-0.4, -0.2) is 19.8 Å². The fraction of sp³-hybridized carbons (Fsp3) is 0.571. The van der Waals surface area contributed by atoms with Gasteiger partial charge in [-0.3, -0.25) is 0 Å². The number of hydrogen-bond acceptors (Lipinski definition) is 3. The Morgan fingerprint density at radius 2 is 1.88 bits per heavy atom. The molecule has 1 aliphatic rings. The lowest BCUT2D eigenvalue weighted by molar-refractivity contribution is 0.383. The molecule has 0 radical (unpaired) electrons. The molecule has 2 rings (SSSR count). The Bertz CT molecular complexity index is 436. The molecule has 2 N–H and O–H groups in total. The number of nitrogens with two attached hydrogens (primary N) is 1. The summed E-state index contributed by atoms with van der Waals surface area (Å²) >= 11 is 0. The SMILES string of the molecule is COc1cc(C)c(CC2(N)CC2)c(OC)c1C. The molecule has 1 aliphatic carbocycles. The minimum Gasteiger partial charge on any atom is -0.496 e. The van der Waals surface area contributed by atoms with Gasteiger partial charge in [-0.15, -0.1) is 0 Å². The van der Waals surface area contributed by atoms with Gasteiger partial charge in [0.1, 0.15) is 11.5 Å². The monoisotopic (exact) mass is 235 g/mol. The van der Waals surface area contributed by atoms with Crippen molar-refractivity contribution >= 4 is 0 Å². The van der Waals surface area contributed by atoms with Crippen molar-refractivity contribution < 1.29 is 9.47 Å². The molecule has 0 spiro atoms. The highest BCUT2D eigenvalue weighted by molar-refractivity contribution is 5.54. The number of hydrogen-bond donors (Lipinski definition) is 1. The largest absolute Gasteiger partial charge is 0.496 e. The molecule has 3 nitrogen and oxygen atoms in total. The van der Waals surface area contributed by atoms with Crippen LogP contribution in [0.3, 0.4) is 0 Å². The third-order valence-electron chi connectivity index (χ3n) is 3.65. The Kier molecular flexibility index (Phi) is 3.04. The Morgan fingerprint density at radius 1 is 1.24 bits per heavy atom. The smallest absolute Gasteiger partial charge is 0.128 e. The fourth-order valence-electron chi connectivity index (χ4n) is 2.31. The molecule has 1 aromatic rings. The molecule has 0 unspecified atom stereocenters. The summed E-state index contributed by atoms with van der Waals surface area (Å²) in [6, 6.07) is 2.07. The molecule has 17 heavy (non-hydrogen) atoms. The van der Waals surface area contributed by atoms with E-state index in [0.717, 1.165) is 36.3 Å². The van der Waals surface area contributed by atoms with Gasteiger partial charge in [-0.25, -0.2) is 0 Å². The van der Waals surface area contributed by atoms with Crippen molar-refractivity contribution in [1.29, 1.82) is 0 Å². The maximum absolute atomic E-state index is 6.20. The molecule has 0 amide bonds. The van der Waals surface area contributed by atoms with E-state index in [1.807, 2.05) is 6.92 Å². The summed E-state index contributed by atoms with van der Waals surface area (Å²) in [5, 5.41) is 0. The average molecular weight is 235 g/mol. The molecular formula is C14H21NO2. The van der Waals surface area contributed by atoms with E-state index in [2.05, 4.69) is 13.0 Å². The van der Waals surface area contributed by atoms with Crippen LogP contribution in [0.25, 0.3) is 0 Å². The Hall–Kier alpha value is -1.22. The average Bonchev–Trinajstić information content (AvgIpc) is 3.02. The summed E-state index contributed by atoms with van der Waals surface area (Å²) in [7, 11) is 3.40. The number of ether oxygens (including phenoxy) is 2. The molecule has 0 aromatic heterocycles. The molecule has 1 saturated carbocycles. The van der Waals surface area contributed by atoms with E-state index in [-0.39, 0.29) is 5.54 Å². The highest BCUT2D eigenvalue weighted by Crippen LogP contribution is 2.41. The summed E-state index contributed by atoms with van der Waals surface area (Å²) in [5.41, 5.74) is 9.68. The van der Waals surface area contributed by atoms with Crippen LogP contribution in [0, 0.1) is 13.8 Å². The lowest BCUT2D eigenvalue weighted by Crippen LogP contribution is -2.25. The third kappa shape index (κ3) is 2.25. The van der Waals surface area contributed by atoms with E-state index in [0.29, 0.717) is 0 Å². The standard InChI is InChI=1S/C14H21NO2/c1-9-7-12(16-3)10(2)13(17-4)11(9)8-14(15)5-6-14/h7H,5-6,8,15H2,1-4H3. The normalized spacial score (nSPS) is 16.8. The second-order valence-electron chi connectivity index (χ2n) is 5.07. The number of benzene rings is 1. The van der Waals surface area contributed by atoms with Crippen molar-refractivity contribution in [2.45, 2.75) is 38.6 Å². The van der Waals surface area contributed by atoms with Crippen LogP contribution < -0.4 is 15.2 Å². The van der Waals surface area contributed by atoms with Crippen molar-refractivity contribution in [2.24, 2.45) is 5.73 Å². The molecule has 1 fully saturated rings. The first-order chi connectivity index (χ1) is 8.00. The minimum atomic E-state index is -0.000924. The van der Waals surface area contributed by atoms with E-state index < -0.39 is 0 Å². The maximum Gasteiger partial charge on any atom is 0.128 e. The maximum atomic E-state index is 6.20. The molecule has 1 aromatic carbocycles. The number of rotatable bonds is 4.